The number of hydrogen-bond donors (Lipinski definition) is 2. The third kappa shape index (κ3) is 2.84. The fourth-order valence-corrected chi connectivity index (χ4v) is 4.06. The number of anilines is 1. The SMILES string of the molecule is N[C@@H]1CCCN(C(=O)C2=CN(c3ncnc4nc[nH]c34)CCS2)C1. The number of likely N-dealkylation sites (tertiary alicyclic amines) is 1. The molecule has 0 unspecified atom stereocenters. The third-order valence-corrected chi connectivity index (χ3v) is 5.27. The summed E-state index contributed by atoms with van der Waals surface area (Å²) in [7, 11) is 0. The summed E-state index contributed by atoms with van der Waals surface area (Å²) in [6.45, 7) is 2.20. The summed E-state index contributed by atoms with van der Waals surface area (Å²) < 4.78 is 0. The molecule has 0 radical (unpaired) electrons. The quantitative estimate of drug-likeness (QED) is 0.825. The molecule has 1 saturated heterocycles. The number of aromatic nitrogens is 4. The van der Waals surface area contributed by atoms with Crippen LogP contribution >= 0.6 is 11.8 Å². The first-order chi connectivity index (χ1) is 11.7. The van der Waals surface area contributed by atoms with Gasteiger partial charge in [0.15, 0.2) is 11.5 Å². The van der Waals surface area contributed by atoms with E-state index in [1.54, 1.807) is 18.1 Å². The van der Waals surface area contributed by atoms with Crippen molar-refractivity contribution in [1.29, 1.82) is 0 Å². The highest BCUT2D eigenvalue weighted by Gasteiger charge is 2.27. The van der Waals surface area contributed by atoms with Crippen LogP contribution in [-0.2, 0) is 4.79 Å². The first-order valence-corrected chi connectivity index (χ1v) is 9.01. The Morgan fingerprint density at radius 3 is 3.12 bits per heavy atom. The van der Waals surface area contributed by atoms with Gasteiger partial charge >= 0.3 is 0 Å². The lowest BCUT2D eigenvalue weighted by atomic mass is 10.1. The Balaban J connectivity index is 1.61. The number of carbonyl (C=O) groups excluding carboxylic acids is 1. The van der Waals surface area contributed by atoms with Crippen LogP contribution in [0.5, 0.6) is 0 Å². The molecule has 1 atom stereocenters. The molecule has 8 nitrogen and oxygen atoms in total. The molecule has 1 amide bonds. The number of thioether (sulfide) groups is 1. The maximum Gasteiger partial charge on any atom is 0.261 e. The minimum absolute atomic E-state index is 0.0646. The maximum atomic E-state index is 12.8. The van der Waals surface area contributed by atoms with Gasteiger partial charge < -0.3 is 20.5 Å². The van der Waals surface area contributed by atoms with Crippen molar-refractivity contribution in [3.63, 3.8) is 0 Å². The van der Waals surface area contributed by atoms with Crippen LogP contribution < -0.4 is 10.6 Å². The van der Waals surface area contributed by atoms with Crippen molar-refractivity contribution >= 4 is 34.7 Å². The summed E-state index contributed by atoms with van der Waals surface area (Å²) in [5, 5.41) is 0. The number of H-pyrrole nitrogens is 1. The second kappa shape index (κ2) is 6.40. The lowest BCUT2D eigenvalue weighted by Crippen LogP contribution is -2.46. The van der Waals surface area contributed by atoms with E-state index < -0.39 is 0 Å². The van der Waals surface area contributed by atoms with Crippen molar-refractivity contribution in [2.75, 3.05) is 30.3 Å². The second-order valence-corrected chi connectivity index (χ2v) is 7.12. The van der Waals surface area contributed by atoms with Crippen molar-refractivity contribution in [1.82, 2.24) is 24.8 Å². The van der Waals surface area contributed by atoms with Gasteiger partial charge in [-0.05, 0) is 12.8 Å². The van der Waals surface area contributed by atoms with E-state index in [0.29, 0.717) is 12.2 Å². The maximum absolute atomic E-state index is 12.8. The van der Waals surface area contributed by atoms with Crippen LogP contribution in [0.1, 0.15) is 12.8 Å². The van der Waals surface area contributed by atoms with Gasteiger partial charge in [-0.25, -0.2) is 15.0 Å². The number of nitrogens with zero attached hydrogens (tertiary/aromatic N) is 5. The summed E-state index contributed by atoms with van der Waals surface area (Å²) in [5.41, 5.74) is 7.41. The zero-order valence-corrected chi connectivity index (χ0v) is 14.0. The van der Waals surface area contributed by atoms with E-state index in [-0.39, 0.29) is 11.9 Å². The molecule has 0 aromatic carbocycles. The summed E-state index contributed by atoms with van der Waals surface area (Å²) in [5.74, 6) is 1.64. The van der Waals surface area contributed by atoms with Gasteiger partial charge in [0, 0.05) is 37.6 Å². The Bertz CT molecular complexity index is 789. The zero-order chi connectivity index (χ0) is 16.5. The molecule has 3 N–H and O–H groups in total. The largest absolute Gasteiger partial charge is 0.340 e. The summed E-state index contributed by atoms with van der Waals surface area (Å²) in [4.78, 5) is 33.1. The fourth-order valence-electron chi connectivity index (χ4n) is 3.10. The number of fused-ring (bicyclic) bond motifs is 1. The number of imidazole rings is 1. The average Bonchev–Trinajstić information content (AvgIpc) is 3.10. The molecule has 24 heavy (non-hydrogen) atoms. The molecule has 0 spiro atoms. The number of amides is 1. The third-order valence-electron chi connectivity index (χ3n) is 4.29. The van der Waals surface area contributed by atoms with Crippen LogP contribution in [0.15, 0.2) is 23.8 Å². The zero-order valence-electron chi connectivity index (χ0n) is 13.2. The lowest BCUT2D eigenvalue weighted by Gasteiger charge is -2.33. The number of carbonyl (C=O) groups is 1. The molecule has 1 fully saturated rings. The second-order valence-electron chi connectivity index (χ2n) is 5.99. The Kier molecular flexibility index (Phi) is 4.11. The molecule has 0 bridgehead atoms. The number of nitrogens with two attached hydrogens (primary N) is 1. The Labute approximate surface area is 143 Å². The monoisotopic (exact) mass is 345 g/mol. The van der Waals surface area contributed by atoms with E-state index in [4.69, 9.17) is 5.73 Å². The van der Waals surface area contributed by atoms with Crippen molar-refractivity contribution in [3.8, 4) is 0 Å². The number of nitrogens with one attached hydrogen (secondary N) is 1. The van der Waals surface area contributed by atoms with Gasteiger partial charge in [-0.2, -0.15) is 0 Å². The van der Waals surface area contributed by atoms with Gasteiger partial charge in [-0.3, -0.25) is 4.79 Å². The molecular weight excluding hydrogens is 326 g/mol. The molecule has 2 aromatic heterocycles. The highest BCUT2D eigenvalue weighted by atomic mass is 32.2. The van der Waals surface area contributed by atoms with Gasteiger partial charge in [-0.15, -0.1) is 11.8 Å². The van der Waals surface area contributed by atoms with Gasteiger partial charge in [0.1, 0.15) is 11.8 Å². The Hall–Kier alpha value is -2.13. The summed E-state index contributed by atoms with van der Waals surface area (Å²) >= 11 is 1.59. The van der Waals surface area contributed by atoms with Crippen molar-refractivity contribution in [2.45, 2.75) is 18.9 Å². The lowest BCUT2D eigenvalue weighted by molar-refractivity contribution is -0.127. The van der Waals surface area contributed by atoms with Crippen LogP contribution in [0.3, 0.4) is 0 Å². The Morgan fingerprint density at radius 1 is 1.33 bits per heavy atom. The van der Waals surface area contributed by atoms with E-state index in [2.05, 4.69) is 19.9 Å². The number of aromatic amines is 1. The topological polar surface area (TPSA) is 104 Å². The molecule has 4 rings (SSSR count). The van der Waals surface area contributed by atoms with Crippen molar-refractivity contribution < 1.29 is 4.79 Å². The molecule has 4 heterocycles. The molecule has 2 aliphatic heterocycles. The van der Waals surface area contributed by atoms with E-state index in [1.807, 2.05) is 16.0 Å². The number of piperidine rings is 1. The highest BCUT2D eigenvalue weighted by molar-refractivity contribution is 8.04. The minimum Gasteiger partial charge on any atom is -0.340 e. The minimum atomic E-state index is 0.0646. The predicted octanol–water partition coefficient (Wildman–Crippen LogP) is 0.697. The first kappa shape index (κ1) is 15.4. The number of hydrogen-bond acceptors (Lipinski definition) is 7. The molecule has 0 aliphatic carbocycles. The average molecular weight is 345 g/mol. The van der Waals surface area contributed by atoms with E-state index in [9.17, 15) is 4.79 Å². The molecule has 126 valence electrons. The molecule has 2 aliphatic rings. The highest BCUT2D eigenvalue weighted by Crippen LogP contribution is 2.29. The van der Waals surface area contributed by atoms with Gasteiger partial charge in [0.2, 0.25) is 0 Å². The van der Waals surface area contributed by atoms with Gasteiger partial charge in [0.05, 0.1) is 11.2 Å². The first-order valence-electron chi connectivity index (χ1n) is 8.02. The molecule has 2 aromatic rings. The smallest absolute Gasteiger partial charge is 0.261 e. The van der Waals surface area contributed by atoms with E-state index in [0.717, 1.165) is 47.9 Å². The van der Waals surface area contributed by atoms with E-state index in [1.165, 1.54) is 6.33 Å². The number of rotatable bonds is 2. The summed E-state index contributed by atoms with van der Waals surface area (Å²) in [6, 6.07) is 0.0828. The van der Waals surface area contributed by atoms with Crippen LogP contribution in [0.4, 0.5) is 5.82 Å². The summed E-state index contributed by atoms with van der Waals surface area (Å²) in [6.07, 6.45) is 6.95. The molecular formula is C15H19N7OS. The fraction of sp³-hybridized carbons (Fsp3) is 0.467. The van der Waals surface area contributed by atoms with E-state index >= 15 is 0 Å². The van der Waals surface area contributed by atoms with Crippen molar-refractivity contribution in [3.05, 3.63) is 23.8 Å². The van der Waals surface area contributed by atoms with Gasteiger partial charge in [-0.1, -0.05) is 0 Å². The van der Waals surface area contributed by atoms with Crippen LogP contribution in [-0.4, -0.2) is 62.2 Å². The van der Waals surface area contributed by atoms with Crippen LogP contribution in [0.25, 0.3) is 11.2 Å². The van der Waals surface area contributed by atoms with Crippen molar-refractivity contribution in [2.24, 2.45) is 5.73 Å². The predicted molar refractivity (Wildman–Crippen MR) is 93.4 cm³/mol. The van der Waals surface area contributed by atoms with Gasteiger partial charge in [0.25, 0.3) is 5.91 Å². The molecule has 9 heteroatoms. The normalized spacial score (nSPS) is 21.9. The Morgan fingerprint density at radius 2 is 2.25 bits per heavy atom. The standard InChI is InChI=1S/C15H19N7OS/c16-10-2-1-3-22(6-10)15(23)11-7-21(4-5-24-11)14-12-13(18-8-17-12)19-9-20-14/h7-10H,1-6,16H2,(H,17,18,19,20)/t10-/m1/s1. The van der Waals surface area contributed by atoms with Crippen LogP contribution in [0.2, 0.25) is 0 Å². The van der Waals surface area contributed by atoms with Crippen LogP contribution in [0, 0.1) is 0 Å². The molecule has 0 saturated carbocycles.